The Balaban J connectivity index is 0.000000383. The highest BCUT2D eigenvalue weighted by Crippen LogP contribution is 2.42. The first-order valence-electron chi connectivity index (χ1n) is 10.7. The summed E-state index contributed by atoms with van der Waals surface area (Å²) < 4.78 is 39.9. The monoisotopic (exact) mass is 470 g/mol. The Morgan fingerprint density at radius 1 is 1.30 bits per heavy atom. The fourth-order valence-electron chi connectivity index (χ4n) is 4.25. The molecular weight excluding hydrogens is 441 g/mol. The molecule has 2 aliphatic rings. The van der Waals surface area contributed by atoms with Gasteiger partial charge in [0.15, 0.2) is 0 Å². The number of nitrogens with one attached hydrogen (secondary N) is 1. The van der Waals surface area contributed by atoms with Gasteiger partial charge < -0.3 is 15.2 Å². The van der Waals surface area contributed by atoms with Crippen LogP contribution in [0, 0.1) is 19.8 Å². The maximum absolute atomic E-state index is 10.6. The molecule has 2 saturated heterocycles. The summed E-state index contributed by atoms with van der Waals surface area (Å²) in [6.45, 7) is 8.79. The van der Waals surface area contributed by atoms with Gasteiger partial charge in [-0.3, -0.25) is 9.58 Å². The highest BCUT2D eigenvalue weighted by Gasteiger charge is 2.52. The molecule has 0 radical (unpaired) electrons. The number of nitrogens with zero attached hydrogens (tertiary/aromatic N) is 5. The van der Waals surface area contributed by atoms with Crippen molar-refractivity contribution in [3.8, 4) is 0 Å². The number of carboxylic acids is 1. The standard InChI is InChI=1S/C19H28N6O.C2HF3O2/c1-14-9-21-18(22-10-14)20-6-4-16-5-7-26-19(16)12-25(13-19)11-17-8-15(2)23-24(17)3;3-2(4,5)1(6)7/h8-10,16H,4-7,11-13H2,1-3H3,(H,20,21,22);(H,6,7). The second-order valence-corrected chi connectivity index (χ2v) is 8.55. The molecule has 0 saturated carbocycles. The van der Waals surface area contributed by atoms with Crippen LogP contribution in [0.15, 0.2) is 18.5 Å². The molecule has 33 heavy (non-hydrogen) atoms. The van der Waals surface area contributed by atoms with Crippen molar-refractivity contribution in [2.45, 2.75) is 45.0 Å². The lowest BCUT2D eigenvalue weighted by Gasteiger charge is -2.50. The summed E-state index contributed by atoms with van der Waals surface area (Å²) in [5.41, 5.74) is 3.47. The highest BCUT2D eigenvalue weighted by atomic mass is 19.4. The molecule has 2 aromatic rings. The van der Waals surface area contributed by atoms with Crippen molar-refractivity contribution >= 4 is 11.9 Å². The van der Waals surface area contributed by atoms with E-state index in [4.69, 9.17) is 14.6 Å². The molecule has 2 aromatic heterocycles. The van der Waals surface area contributed by atoms with Gasteiger partial charge >= 0.3 is 12.1 Å². The molecule has 0 aromatic carbocycles. The molecule has 4 rings (SSSR count). The first kappa shape index (κ1) is 24.9. The van der Waals surface area contributed by atoms with E-state index in [2.05, 4.69) is 31.3 Å². The summed E-state index contributed by atoms with van der Waals surface area (Å²) in [7, 11) is 2.02. The van der Waals surface area contributed by atoms with Gasteiger partial charge in [0.1, 0.15) is 0 Å². The Bertz CT molecular complexity index is 942. The predicted molar refractivity (Wildman–Crippen MR) is 114 cm³/mol. The molecule has 1 unspecified atom stereocenters. The fourth-order valence-corrected chi connectivity index (χ4v) is 4.25. The normalized spacial score (nSPS) is 19.6. The van der Waals surface area contributed by atoms with Gasteiger partial charge in [0.05, 0.1) is 17.0 Å². The van der Waals surface area contributed by atoms with E-state index in [1.165, 1.54) is 5.69 Å². The van der Waals surface area contributed by atoms with E-state index < -0.39 is 12.1 Å². The van der Waals surface area contributed by atoms with Crippen molar-refractivity contribution in [3.63, 3.8) is 0 Å². The van der Waals surface area contributed by atoms with E-state index in [1.807, 2.05) is 38.0 Å². The lowest BCUT2D eigenvalue weighted by atomic mass is 9.79. The Labute approximate surface area is 190 Å². The van der Waals surface area contributed by atoms with E-state index in [0.717, 1.165) is 56.9 Å². The minimum atomic E-state index is -5.08. The van der Waals surface area contributed by atoms with Crippen LogP contribution in [-0.2, 0) is 23.1 Å². The largest absolute Gasteiger partial charge is 0.490 e. The number of ether oxygens (including phenoxy) is 1. The average molecular weight is 470 g/mol. The summed E-state index contributed by atoms with van der Waals surface area (Å²) in [6, 6.07) is 2.17. The van der Waals surface area contributed by atoms with Gasteiger partial charge in [0.2, 0.25) is 5.95 Å². The van der Waals surface area contributed by atoms with Gasteiger partial charge in [0.25, 0.3) is 0 Å². The van der Waals surface area contributed by atoms with Crippen LogP contribution < -0.4 is 5.32 Å². The number of carbonyl (C=O) groups is 1. The van der Waals surface area contributed by atoms with Crippen molar-refractivity contribution in [2.24, 2.45) is 13.0 Å². The number of anilines is 1. The first-order valence-corrected chi connectivity index (χ1v) is 10.7. The van der Waals surface area contributed by atoms with Crippen molar-refractivity contribution in [2.75, 3.05) is 31.6 Å². The molecule has 1 atom stereocenters. The summed E-state index contributed by atoms with van der Waals surface area (Å²) in [5, 5.41) is 14.9. The lowest BCUT2D eigenvalue weighted by molar-refractivity contribution is -0.192. The average Bonchev–Trinajstić information content (AvgIpc) is 3.26. The molecule has 2 aliphatic heterocycles. The number of hydrogen-bond donors (Lipinski definition) is 2. The number of hydrogen-bond acceptors (Lipinski definition) is 7. The van der Waals surface area contributed by atoms with Crippen LogP contribution in [0.3, 0.4) is 0 Å². The lowest BCUT2D eigenvalue weighted by Crippen LogP contribution is -2.64. The molecule has 4 heterocycles. The van der Waals surface area contributed by atoms with E-state index in [9.17, 15) is 13.2 Å². The Morgan fingerprint density at radius 3 is 2.48 bits per heavy atom. The van der Waals surface area contributed by atoms with Gasteiger partial charge in [-0.15, -0.1) is 0 Å². The zero-order valence-corrected chi connectivity index (χ0v) is 18.9. The van der Waals surface area contributed by atoms with E-state index in [-0.39, 0.29) is 5.60 Å². The van der Waals surface area contributed by atoms with Crippen LogP contribution in [-0.4, -0.2) is 73.7 Å². The third kappa shape index (κ3) is 6.41. The Morgan fingerprint density at radius 2 is 1.94 bits per heavy atom. The van der Waals surface area contributed by atoms with Gasteiger partial charge in [0, 0.05) is 52.2 Å². The molecule has 9 nitrogen and oxygen atoms in total. The van der Waals surface area contributed by atoms with Gasteiger partial charge in [-0.1, -0.05) is 0 Å². The Hall–Kier alpha value is -2.73. The number of aromatic nitrogens is 4. The summed E-state index contributed by atoms with van der Waals surface area (Å²) >= 11 is 0. The van der Waals surface area contributed by atoms with Crippen LogP contribution in [0.4, 0.5) is 19.1 Å². The second-order valence-electron chi connectivity index (χ2n) is 8.55. The number of aryl methyl sites for hydroxylation is 3. The zero-order chi connectivity index (χ0) is 24.2. The Kier molecular flexibility index (Phi) is 7.58. The second kappa shape index (κ2) is 10.0. The van der Waals surface area contributed by atoms with Gasteiger partial charge in [-0.2, -0.15) is 18.3 Å². The molecule has 1 spiro atoms. The number of halogens is 3. The molecular formula is C21H29F3N6O3. The fraction of sp³-hybridized carbons (Fsp3) is 0.619. The molecule has 2 fully saturated rings. The predicted octanol–water partition coefficient (Wildman–Crippen LogP) is 2.55. The van der Waals surface area contributed by atoms with Gasteiger partial charge in [-0.05, 0) is 44.2 Å². The maximum Gasteiger partial charge on any atom is 0.490 e. The number of carboxylic acid groups (broad SMARTS) is 1. The van der Waals surface area contributed by atoms with Crippen LogP contribution in [0.1, 0.15) is 29.8 Å². The number of aliphatic carboxylic acids is 1. The maximum atomic E-state index is 10.6. The van der Waals surface area contributed by atoms with Crippen molar-refractivity contribution in [1.82, 2.24) is 24.6 Å². The molecule has 0 amide bonds. The third-order valence-electron chi connectivity index (χ3n) is 5.87. The van der Waals surface area contributed by atoms with Crippen LogP contribution in [0.2, 0.25) is 0 Å². The van der Waals surface area contributed by atoms with Crippen molar-refractivity contribution < 1.29 is 27.8 Å². The van der Waals surface area contributed by atoms with Gasteiger partial charge in [-0.25, -0.2) is 14.8 Å². The molecule has 182 valence electrons. The van der Waals surface area contributed by atoms with Crippen molar-refractivity contribution in [3.05, 3.63) is 35.4 Å². The van der Waals surface area contributed by atoms with Crippen LogP contribution in [0.5, 0.6) is 0 Å². The molecule has 2 N–H and O–H groups in total. The highest BCUT2D eigenvalue weighted by molar-refractivity contribution is 5.73. The van der Waals surface area contributed by atoms with E-state index >= 15 is 0 Å². The topological polar surface area (TPSA) is 105 Å². The molecule has 0 aliphatic carbocycles. The van der Waals surface area contributed by atoms with Crippen LogP contribution >= 0.6 is 0 Å². The number of likely N-dealkylation sites (tertiary alicyclic amines) is 1. The molecule has 0 bridgehead atoms. The quantitative estimate of drug-likeness (QED) is 0.664. The number of rotatable bonds is 6. The minimum Gasteiger partial charge on any atom is -0.475 e. The summed E-state index contributed by atoms with van der Waals surface area (Å²) in [4.78, 5) is 20.0. The number of alkyl halides is 3. The zero-order valence-electron chi connectivity index (χ0n) is 18.9. The first-order chi connectivity index (χ1) is 15.5. The van der Waals surface area contributed by atoms with E-state index in [0.29, 0.717) is 11.9 Å². The SMILES string of the molecule is Cc1cnc(NCCC2CCOC23CN(Cc2cc(C)nn2C)C3)nc1.O=C(O)C(F)(F)F. The van der Waals surface area contributed by atoms with Crippen LogP contribution in [0.25, 0.3) is 0 Å². The molecule has 12 heteroatoms. The summed E-state index contributed by atoms with van der Waals surface area (Å²) in [5.74, 6) is -1.44. The smallest absolute Gasteiger partial charge is 0.475 e. The summed E-state index contributed by atoms with van der Waals surface area (Å²) in [6.07, 6.45) is 0.851. The third-order valence-corrected chi connectivity index (χ3v) is 5.87. The van der Waals surface area contributed by atoms with Crippen molar-refractivity contribution in [1.29, 1.82) is 0 Å². The van der Waals surface area contributed by atoms with E-state index in [1.54, 1.807) is 0 Å². The minimum absolute atomic E-state index is 0.0451.